The van der Waals surface area contributed by atoms with Crippen LogP contribution in [-0.2, 0) is 9.47 Å². The Hall–Kier alpha value is -3.02. The fraction of sp³-hybridized carbons (Fsp3) is 0.462. The molecule has 14 nitrogen and oxygen atoms in total. The Kier molecular flexibility index (Phi) is 9.48. The molecule has 2 aliphatic heterocycles. The van der Waals surface area contributed by atoms with Gasteiger partial charge in [0.2, 0.25) is 12.6 Å². The van der Waals surface area contributed by atoms with Crippen LogP contribution in [0, 0.1) is 0 Å². The van der Waals surface area contributed by atoms with Gasteiger partial charge in [-0.25, -0.2) is 0 Å². The number of ether oxygens (including phenoxy) is 4. The quantitative estimate of drug-likeness (QED) is 0.150. The van der Waals surface area contributed by atoms with Crippen LogP contribution in [0.2, 0.25) is 0 Å². The van der Waals surface area contributed by atoms with E-state index in [1.807, 2.05) is 0 Å². The van der Waals surface area contributed by atoms with Gasteiger partial charge in [0.25, 0.3) is 0 Å². The molecule has 10 atom stereocenters. The van der Waals surface area contributed by atoms with E-state index in [1.165, 1.54) is 48.6 Å². The molecule has 0 spiro atoms. The van der Waals surface area contributed by atoms with Crippen molar-refractivity contribution < 1.29 is 70.0 Å². The molecule has 0 amide bonds. The molecule has 0 bridgehead atoms. The van der Waals surface area contributed by atoms with Gasteiger partial charge >= 0.3 is 0 Å². The van der Waals surface area contributed by atoms with Crippen LogP contribution in [-0.4, -0.2) is 126 Å². The van der Waals surface area contributed by atoms with Gasteiger partial charge < -0.3 is 70.0 Å². The van der Waals surface area contributed by atoms with Crippen LogP contribution in [0.25, 0.3) is 12.2 Å². The molecule has 2 heterocycles. The van der Waals surface area contributed by atoms with E-state index in [4.69, 9.17) is 18.9 Å². The lowest BCUT2D eigenvalue weighted by Gasteiger charge is -2.39. The molecular weight excluding hydrogens is 536 g/mol. The standard InChI is InChI=1S/C26H32O14/c27-9-17-19(31)21(33)23(35)25(39-17)37-14-4-3-12(16(30)8-14)2-1-11-5-13(29)7-15(6-11)38-26-24(36)22(34)20(32)18(10-28)40-26/h1-8,17-36H,9-10H2/b2-1-/t17-,18-,19-,20-,21+,22+,23-,24-,25?,26?/m1/s1. The Labute approximate surface area is 227 Å². The normalized spacial score (nSPS) is 34.6. The molecule has 0 radical (unpaired) electrons. The maximum absolute atomic E-state index is 10.5. The first-order valence-corrected chi connectivity index (χ1v) is 12.3. The molecule has 2 aromatic carbocycles. The SMILES string of the molecule is OC[C@H]1OC(Oc2cc(O)cc(/C=C\c3ccc(OC4O[C@H](CO)[C@@H](O)[C@H](O)[C@H]4O)cc3O)c2)[C@H](O)[C@@H](O)[C@@H]1O. The highest BCUT2D eigenvalue weighted by Gasteiger charge is 2.45. The van der Waals surface area contributed by atoms with Gasteiger partial charge in [-0.1, -0.05) is 12.2 Å². The monoisotopic (exact) mass is 568 g/mol. The molecule has 2 fully saturated rings. The second kappa shape index (κ2) is 12.7. The van der Waals surface area contributed by atoms with Gasteiger partial charge in [0.15, 0.2) is 0 Å². The Morgan fingerprint density at radius 1 is 0.625 bits per heavy atom. The average molecular weight is 569 g/mol. The van der Waals surface area contributed by atoms with E-state index in [0.717, 1.165) is 0 Å². The van der Waals surface area contributed by atoms with Crippen molar-refractivity contribution in [2.75, 3.05) is 13.2 Å². The number of phenols is 2. The van der Waals surface area contributed by atoms with Gasteiger partial charge in [-0.05, 0) is 29.8 Å². The van der Waals surface area contributed by atoms with Crippen molar-refractivity contribution in [1.29, 1.82) is 0 Å². The van der Waals surface area contributed by atoms with Crippen LogP contribution >= 0.6 is 0 Å². The minimum Gasteiger partial charge on any atom is -0.508 e. The molecule has 2 unspecified atom stereocenters. The van der Waals surface area contributed by atoms with Crippen molar-refractivity contribution in [3.05, 3.63) is 47.5 Å². The smallest absolute Gasteiger partial charge is 0.229 e. The molecule has 40 heavy (non-hydrogen) atoms. The third-order valence-electron chi connectivity index (χ3n) is 6.57. The molecule has 0 aliphatic carbocycles. The van der Waals surface area contributed by atoms with Gasteiger partial charge in [-0.15, -0.1) is 0 Å². The summed E-state index contributed by atoms with van der Waals surface area (Å²) in [5.74, 6) is -0.353. The second-order valence-electron chi connectivity index (χ2n) is 9.44. The van der Waals surface area contributed by atoms with Gasteiger partial charge in [0.05, 0.1) is 13.2 Å². The van der Waals surface area contributed by atoms with Gasteiger partial charge in [-0.3, -0.25) is 0 Å². The highest BCUT2D eigenvalue weighted by Crippen LogP contribution is 2.31. The summed E-state index contributed by atoms with van der Waals surface area (Å²) >= 11 is 0. The number of benzene rings is 2. The summed E-state index contributed by atoms with van der Waals surface area (Å²) in [7, 11) is 0. The first-order chi connectivity index (χ1) is 19.0. The summed E-state index contributed by atoms with van der Waals surface area (Å²) < 4.78 is 21.6. The topological polar surface area (TPSA) is 239 Å². The zero-order valence-corrected chi connectivity index (χ0v) is 20.9. The largest absolute Gasteiger partial charge is 0.508 e. The Morgan fingerprint density at radius 2 is 1.18 bits per heavy atom. The molecule has 4 rings (SSSR count). The van der Waals surface area contributed by atoms with Crippen LogP contribution in [0.5, 0.6) is 23.0 Å². The maximum atomic E-state index is 10.5. The van der Waals surface area contributed by atoms with Crippen LogP contribution in [0.1, 0.15) is 11.1 Å². The molecule has 14 heteroatoms. The van der Waals surface area contributed by atoms with Crippen LogP contribution in [0.15, 0.2) is 36.4 Å². The number of rotatable bonds is 8. The fourth-order valence-corrected chi connectivity index (χ4v) is 4.29. The zero-order chi connectivity index (χ0) is 29.1. The predicted octanol–water partition coefficient (Wildman–Crippen LogP) is -2.37. The van der Waals surface area contributed by atoms with Crippen LogP contribution < -0.4 is 9.47 Å². The van der Waals surface area contributed by atoms with Crippen molar-refractivity contribution in [3.8, 4) is 23.0 Å². The molecule has 2 saturated heterocycles. The lowest BCUT2D eigenvalue weighted by atomic mass is 9.99. The Bertz CT molecular complexity index is 1170. The van der Waals surface area contributed by atoms with E-state index in [2.05, 4.69) is 0 Å². The van der Waals surface area contributed by atoms with Gasteiger partial charge in [-0.2, -0.15) is 0 Å². The number of hydrogen-bond acceptors (Lipinski definition) is 14. The second-order valence-corrected chi connectivity index (χ2v) is 9.44. The highest BCUT2D eigenvalue weighted by molar-refractivity contribution is 5.74. The Balaban J connectivity index is 1.45. The van der Waals surface area contributed by atoms with Crippen molar-refractivity contribution in [1.82, 2.24) is 0 Å². The number of aliphatic hydroxyl groups is 8. The maximum Gasteiger partial charge on any atom is 0.229 e. The fourth-order valence-electron chi connectivity index (χ4n) is 4.29. The first kappa shape index (κ1) is 30.0. The molecule has 0 saturated carbocycles. The molecule has 10 N–H and O–H groups in total. The van der Waals surface area contributed by atoms with Crippen LogP contribution in [0.3, 0.4) is 0 Å². The molecular formula is C26H32O14. The summed E-state index contributed by atoms with van der Waals surface area (Å²) in [5, 5.41) is 99.2. The number of aromatic hydroxyl groups is 2. The summed E-state index contributed by atoms with van der Waals surface area (Å²) in [4.78, 5) is 0. The van der Waals surface area contributed by atoms with E-state index >= 15 is 0 Å². The van der Waals surface area contributed by atoms with Gasteiger partial charge in [0, 0.05) is 17.7 Å². The van der Waals surface area contributed by atoms with E-state index in [1.54, 1.807) is 0 Å². The van der Waals surface area contributed by atoms with E-state index < -0.39 is 74.6 Å². The lowest BCUT2D eigenvalue weighted by Crippen LogP contribution is -2.60. The number of phenolic OH excluding ortho intramolecular Hbond substituents is 2. The first-order valence-electron chi connectivity index (χ1n) is 12.3. The summed E-state index contributed by atoms with van der Waals surface area (Å²) in [6, 6.07) is 8.20. The number of aliphatic hydroxyl groups excluding tert-OH is 8. The summed E-state index contributed by atoms with van der Waals surface area (Å²) in [6.45, 7) is -1.25. The van der Waals surface area contributed by atoms with Crippen LogP contribution in [0.4, 0.5) is 0 Å². The minimum atomic E-state index is -1.64. The third kappa shape index (κ3) is 6.47. The van der Waals surface area contributed by atoms with Crippen molar-refractivity contribution >= 4 is 12.2 Å². The highest BCUT2D eigenvalue weighted by atomic mass is 16.7. The molecule has 220 valence electrons. The third-order valence-corrected chi connectivity index (χ3v) is 6.57. The van der Waals surface area contributed by atoms with E-state index in [0.29, 0.717) is 11.1 Å². The average Bonchev–Trinajstić information content (AvgIpc) is 2.93. The summed E-state index contributed by atoms with van der Waals surface area (Å²) in [5.41, 5.74) is 0.724. The van der Waals surface area contributed by atoms with E-state index in [-0.39, 0.29) is 23.0 Å². The van der Waals surface area contributed by atoms with Crippen molar-refractivity contribution in [2.45, 2.75) is 61.4 Å². The van der Waals surface area contributed by atoms with Crippen molar-refractivity contribution in [3.63, 3.8) is 0 Å². The molecule has 0 aromatic heterocycles. The summed E-state index contributed by atoms with van der Waals surface area (Å²) in [6.07, 6.45) is -11.8. The van der Waals surface area contributed by atoms with E-state index in [9.17, 15) is 51.1 Å². The predicted molar refractivity (Wildman–Crippen MR) is 134 cm³/mol. The minimum absolute atomic E-state index is 0.0384. The Morgan fingerprint density at radius 3 is 1.70 bits per heavy atom. The number of hydrogen-bond donors (Lipinski definition) is 10. The van der Waals surface area contributed by atoms with Crippen molar-refractivity contribution in [2.24, 2.45) is 0 Å². The van der Waals surface area contributed by atoms with Gasteiger partial charge in [0.1, 0.15) is 71.8 Å². The molecule has 2 aromatic rings. The lowest BCUT2D eigenvalue weighted by molar-refractivity contribution is -0.277. The zero-order valence-electron chi connectivity index (χ0n) is 20.9. The molecule has 2 aliphatic rings.